The monoisotopic (exact) mass is 234 g/mol. The average molecular weight is 235 g/mol. The van der Waals surface area contributed by atoms with Crippen LogP contribution >= 0.6 is 11.6 Å². The van der Waals surface area contributed by atoms with Crippen molar-refractivity contribution in [2.75, 3.05) is 11.1 Å². The number of para-hydroxylation sites is 1. The molecular formula is C11H11ClN4. The largest absolute Gasteiger partial charge is 0.383 e. The topological polar surface area (TPSA) is 63.8 Å². The van der Waals surface area contributed by atoms with Crippen LogP contribution in [0.15, 0.2) is 30.3 Å². The molecule has 2 aromatic rings. The minimum absolute atomic E-state index is 0.323. The Hall–Kier alpha value is -1.81. The summed E-state index contributed by atoms with van der Waals surface area (Å²) in [5.74, 6) is 0.746. The van der Waals surface area contributed by atoms with Gasteiger partial charge < -0.3 is 11.1 Å². The molecule has 1 heterocycles. The minimum atomic E-state index is 0.323. The number of hydrogen-bond acceptors (Lipinski definition) is 4. The molecule has 0 aliphatic carbocycles. The summed E-state index contributed by atoms with van der Waals surface area (Å²) in [4.78, 5) is 8.08. The zero-order valence-corrected chi connectivity index (χ0v) is 9.49. The molecule has 2 rings (SSSR count). The fourth-order valence-corrected chi connectivity index (χ4v) is 1.52. The number of nitrogens with one attached hydrogen (secondary N) is 1. The van der Waals surface area contributed by atoms with Crippen LogP contribution in [0.2, 0.25) is 5.15 Å². The van der Waals surface area contributed by atoms with Crippen molar-refractivity contribution in [3.8, 4) is 0 Å². The number of nitrogens with zero attached hydrogens (tertiary/aromatic N) is 2. The standard InChI is InChI=1S/C11H11ClN4/c1-7-4-2-3-5-8(7)14-11-15-9(12)6-10(13)16-11/h2-6H,1H3,(H3,13,14,15,16). The van der Waals surface area contributed by atoms with Crippen molar-refractivity contribution in [3.63, 3.8) is 0 Å². The number of hydrogen-bond donors (Lipinski definition) is 2. The second-order valence-electron chi connectivity index (χ2n) is 3.38. The first-order chi connectivity index (χ1) is 7.65. The Morgan fingerprint density at radius 3 is 2.69 bits per heavy atom. The van der Waals surface area contributed by atoms with Crippen LogP contribution in [-0.4, -0.2) is 9.97 Å². The molecule has 16 heavy (non-hydrogen) atoms. The fourth-order valence-electron chi connectivity index (χ4n) is 1.32. The van der Waals surface area contributed by atoms with Crippen molar-refractivity contribution in [3.05, 3.63) is 41.0 Å². The third kappa shape index (κ3) is 2.41. The first kappa shape index (κ1) is 10.7. The average Bonchev–Trinajstić information content (AvgIpc) is 2.20. The van der Waals surface area contributed by atoms with Gasteiger partial charge in [-0.05, 0) is 18.6 Å². The number of aryl methyl sites for hydroxylation is 1. The maximum absolute atomic E-state index is 5.79. The van der Waals surface area contributed by atoms with E-state index in [4.69, 9.17) is 17.3 Å². The number of anilines is 3. The number of rotatable bonds is 2. The molecule has 0 amide bonds. The number of nitrogen functional groups attached to an aromatic ring is 1. The van der Waals surface area contributed by atoms with E-state index < -0.39 is 0 Å². The molecule has 0 saturated heterocycles. The molecule has 0 unspecified atom stereocenters. The second-order valence-corrected chi connectivity index (χ2v) is 3.77. The number of nitrogens with two attached hydrogens (primary N) is 1. The summed E-state index contributed by atoms with van der Waals surface area (Å²) in [6, 6.07) is 9.34. The summed E-state index contributed by atoms with van der Waals surface area (Å²) in [5, 5.41) is 3.39. The van der Waals surface area contributed by atoms with Gasteiger partial charge in [0.05, 0.1) is 0 Å². The molecule has 82 valence electrons. The Morgan fingerprint density at radius 1 is 1.25 bits per heavy atom. The van der Waals surface area contributed by atoms with Crippen molar-refractivity contribution in [1.82, 2.24) is 9.97 Å². The molecule has 0 fully saturated rings. The van der Waals surface area contributed by atoms with E-state index in [0.717, 1.165) is 11.3 Å². The van der Waals surface area contributed by atoms with Crippen molar-refractivity contribution in [2.45, 2.75) is 6.92 Å². The van der Waals surface area contributed by atoms with Crippen LogP contribution in [0.25, 0.3) is 0 Å². The van der Waals surface area contributed by atoms with E-state index >= 15 is 0 Å². The van der Waals surface area contributed by atoms with E-state index in [2.05, 4.69) is 15.3 Å². The quantitative estimate of drug-likeness (QED) is 0.785. The summed E-state index contributed by atoms with van der Waals surface area (Å²) in [6.45, 7) is 2.00. The second kappa shape index (κ2) is 4.37. The lowest BCUT2D eigenvalue weighted by molar-refractivity contribution is 1.17. The molecule has 0 saturated carbocycles. The lowest BCUT2D eigenvalue weighted by Gasteiger charge is -2.08. The maximum atomic E-state index is 5.79. The van der Waals surface area contributed by atoms with Crippen molar-refractivity contribution >= 4 is 29.1 Å². The molecular weight excluding hydrogens is 224 g/mol. The van der Waals surface area contributed by atoms with Gasteiger partial charge in [-0.3, -0.25) is 0 Å². The fraction of sp³-hybridized carbons (Fsp3) is 0.0909. The summed E-state index contributed by atoms with van der Waals surface area (Å²) in [7, 11) is 0. The lowest BCUT2D eigenvalue weighted by Crippen LogP contribution is -2.01. The van der Waals surface area contributed by atoms with Gasteiger partial charge in [-0.15, -0.1) is 0 Å². The van der Waals surface area contributed by atoms with Gasteiger partial charge in [-0.2, -0.15) is 4.98 Å². The Morgan fingerprint density at radius 2 is 2.00 bits per heavy atom. The van der Waals surface area contributed by atoms with Gasteiger partial charge in [-0.25, -0.2) is 4.98 Å². The summed E-state index contributed by atoms with van der Waals surface area (Å²) in [6.07, 6.45) is 0. The molecule has 1 aromatic carbocycles. The van der Waals surface area contributed by atoms with Crippen LogP contribution in [-0.2, 0) is 0 Å². The van der Waals surface area contributed by atoms with Crippen LogP contribution in [0.3, 0.4) is 0 Å². The molecule has 0 atom stereocenters. The molecule has 5 heteroatoms. The zero-order valence-electron chi connectivity index (χ0n) is 8.74. The van der Waals surface area contributed by atoms with Gasteiger partial charge in [0.2, 0.25) is 5.95 Å². The predicted molar refractivity (Wildman–Crippen MR) is 65.9 cm³/mol. The van der Waals surface area contributed by atoms with Crippen LogP contribution in [0.4, 0.5) is 17.5 Å². The third-order valence-electron chi connectivity index (χ3n) is 2.11. The van der Waals surface area contributed by atoms with Gasteiger partial charge in [0, 0.05) is 11.8 Å². The molecule has 0 spiro atoms. The van der Waals surface area contributed by atoms with Gasteiger partial charge in [-0.1, -0.05) is 29.8 Å². The Labute approximate surface area is 98.5 Å². The van der Waals surface area contributed by atoms with E-state index in [0.29, 0.717) is 16.9 Å². The van der Waals surface area contributed by atoms with Gasteiger partial charge in [0.15, 0.2) is 0 Å². The Bertz CT molecular complexity index is 493. The third-order valence-corrected chi connectivity index (χ3v) is 2.30. The number of aromatic nitrogens is 2. The smallest absolute Gasteiger partial charge is 0.230 e. The summed E-state index contributed by atoms with van der Waals surface area (Å²) in [5.41, 5.74) is 7.61. The van der Waals surface area contributed by atoms with Crippen molar-refractivity contribution in [2.24, 2.45) is 0 Å². The molecule has 4 nitrogen and oxygen atoms in total. The SMILES string of the molecule is Cc1ccccc1Nc1nc(N)cc(Cl)n1. The molecule has 0 aliphatic heterocycles. The van der Waals surface area contributed by atoms with Gasteiger partial charge in [0.25, 0.3) is 0 Å². The number of benzene rings is 1. The summed E-state index contributed by atoms with van der Waals surface area (Å²) < 4.78 is 0. The Balaban J connectivity index is 2.30. The zero-order chi connectivity index (χ0) is 11.5. The highest BCUT2D eigenvalue weighted by atomic mass is 35.5. The van der Waals surface area contributed by atoms with E-state index in [1.165, 1.54) is 6.07 Å². The van der Waals surface area contributed by atoms with Crippen LogP contribution in [0.1, 0.15) is 5.56 Å². The molecule has 0 aliphatic rings. The van der Waals surface area contributed by atoms with E-state index in [1.54, 1.807) is 0 Å². The predicted octanol–water partition coefficient (Wildman–Crippen LogP) is 2.76. The van der Waals surface area contributed by atoms with E-state index in [1.807, 2.05) is 31.2 Å². The van der Waals surface area contributed by atoms with Crippen LogP contribution in [0, 0.1) is 6.92 Å². The highest BCUT2D eigenvalue weighted by molar-refractivity contribution is 6.29. The van der Waals surface area contributed by atoms with Crippen molar-refractivity contribution < 1.29 is 0 Å². The molecule has 0 bridgehead atoms. The first-order valence-corrected chi connectivity index (χ1v) is 5.15. The minimum Gasteiger partial charge on any atom is -0.383 e. The Kier molecular flexibility index (Phi) is 2.92. The molecule has 0 radical (unpaired) electrons. The lowest BCUT2D eigenvalue weighted by atomic mass is 10.2. The van der Waals surface area contributed by atoms with Gasteiger partial charge >= 0.3 is 0 Å². The van der Waals surface area contributed by atoms with Crippen LogP contribution < -0.4 is 11.1 Å². The summed E-state index contributed by atoms with van der Waals surface area (Å²) >= 11 is 5.79. The molecule has 3 N–H and O–H groups in total. The van der Waals surface area contributed by atoms with Crippen LogP contribution in [0.5, 0.6) is 0 Å². The molecule has 1 aromatic heterocycles. The van der Waals surface area contributed by atoms with E-state index in [9.17, 15) is 0 Å². The van der Waals surface area contributed by atoms with E-state index in [-0.39, 0.29) is 0 Å². The van der Waals surface area contributed by atoms with Crippen molar-refractivity contribution in [1.29, 1.82) is 0 Å². The number of halogens is 1. The first-order valence-electron chi connectivity index (χ1n) is 4.78. The maximum Gasteiger partial charge on any atom is 0.230 e. The highest BCUT2D eigenvalue weighted by Gasteiger charge is 2.02. The highest BCUT2D eigenvalue weighted by Crippen LogP contribution is 2.19. The van der Waals surface area contributed by atoms with Gasteiger partial charge in [0.1, 0.15) is 11.0 Å². The normalized spacial score (nSPS) is 10.1.